The summed E-state index contributed by atoms with van der Waals surface area (Å²) in [6.45, 7) is 5.61. The third kappa shape index (κ3) is 16.9. The molecule has 198 valence electrons. The Balaban J connectivity index is 2.03. The van der Waals surface area contributed by atoms with Crippen molar-refractivity contribution >= 4 is 10.1 Å². The lowest BCUT2D eigenvalue weighted by molar-refractivity contribution is -0.165. The van der Waals surface area contributed by atoms with Gasteiger partial charge in [-0.05, 0) is 20.4 Å². The van der Waals surface area contributed by atoms with Crippen LogP contribution in [0.3, 0.4) is 0 Å². The van der Waals surface area contributed by atoms with E-state index in [-0.39, 0.29) is 31.6 Å². The van der Waals surface area contributed by atoms with Crippen LogP contribution in [0, 0.1) is 0 Å². The second-order valence-electron chi connectivity index (χ2n) is 9.71. The van der Waals surface area contributed by atoms with Crippen LogP contribution in [-0.2, 0) is 24.3 Å². The molecule has 9 heteroatoms. The molecule has 1 fully saturated rings. The van der Waals surface area contributed by atoms with Crippen molar-refractivity contribution in [2.45, 2.75) is 109 Å². The lowest BCUT2D eigenvalue weighted by Gasteiger charge is -2.23. The fourth-order valence-electron chi connectivity index (χ4n) is 4.12. The minimum Gasteiger partial charge on any atom is -0.389 e. The van der Waals surface area contributed by atoms with Gasteiger partial charge in [0.1, 0.15) is 6.10 Å². The fourth-order valence-corrected chi connectivity index (χ4v) is 4.67. The molecule has 0 aromatic heterocycles. The van der Waals surface area contributed by atoms with Gasteiger partial charge in [0.25, 0.3) is 10.1 Å². The first-order chi connectivity index (χ1) is 15.6. The number of rotatable bonds is 21. The molecular formula is C24H49NO7S. The second kappa shape index (κ2) is 17.2. The van der Waals surface area contributed by atoms with E-state index < -0.39 is 22.0 Å². The molecule has 0 aromatic carbocycles. The molecular weight excluding hydrogens is 446 g/mol. The Bertz CT molecular complexity index is 589. The Kier molecular flexibility index (Phi) is 16.0. The molecule has 1 rings (SSSR count). The van der Waals surface area contributed by atoms with Crippen molar-refractivity contribution in [2.75, 3.05) is 45.7 Å². The Labute approximate surface area is 202 Å². The number of ether oxygens (including phenoxy) is 3. The number of nitrogens with zero attached hydrogens (tertiary/aromatic N) is 1. The molecule has 0 spiro atoms. The number of hydrogen-bond acceptors (Lipinski definition) is 7. The van der Waals surface area contributed by atoms with Crippen molar-refractivity contribution in [3.8, 4) is 0 Å². The van der Waals surface area contributed by atoms with E-state index in [0.29, 0.717) is 13.2 Å². The van der Waals surface area contributed by atoms with Gasteiger partial charge in [0, 0.05) is 19.5 Å². The summed E-state index contributed by atoms with van der Waals surface area (Å²) in [7, 11) is -2.31. The maximum Gasteiger partial charge on any atom is 0.266 e. The Morgan fingerprint density at radius 1 is 1.06 bits per heavy atom. The van der Waals surface area contributed by atoms with Crippen LogP contribution in [0.4, 0.5) is 0 Å². The van der Waals surface area contributed by atoms with Crippen LogP contribution in [0.2, 0.25) is 0 Å². The summed E-state index contributed by atoms with van der Waals surface area (Å²) in [5, 5.41) is 10.0. The number of aliphatic hydroxyl groups is 1. The first-order valence-electron chi connectivity index (χ1n) is 12.8. The summed E-state index contributed by atoms with van der Waals surface area (Å²) in [4.78, 5) is 1.64. The Morgan fingerprint density at radius 2 is 1.64 bits per heavy atom. The average Bonchev–Trinajstić information content (AvgIpc) is 3.11. The summed E-state index contributed by atoms with van der Waals surface area (Å²) in [6, 6.07) is 0. The van der Waals surface area contributed by atoms with Gasteiger partial charge in [-0.2, -0.15) is 8.42 Å². The number of aliphatic hydroxyl groups excluding tert-OH is 1. The number of likely N-dealkylation sites (N-methyl/N-ethyl adjacent to an activating group) is 1. The first kappa shape index (κ1) is 30.7. The Hall–Kier alpha value is -0.290. The topological polar surface area (TPSA) is 106 Å². The lowest BCUT2D eigenvalue weighted by atomic mass is 10.0. The molecule has 1 aliphatic heterocycles. The molecule has 0 amide bonds. The highest BCUT2D eigenvalue weighted by molar-refractivity contribution is 7.85. The predicted octanol–water partition coefficient (Wildman–Crippen LogP) is 4.02. The van der Waals surface area contributed by atoms with Crippen molar-refractivity contribution < 1.29 is 32.3 Å². The van der Waals surface area contributed by atoms with Crippen molar-refractivity contribution in [3.63, 3.8) is 0 Å². The predicted molar refractivity (Wildman–Crippen MR) is 131 cm³/mol. The molecule has 0 aromatic rings. The van der Waals surface area contributed by atoms with E-state index in [1.807, 2.05) is 6.92 Å². The third-order valence-electron chi connectivity index (χ3n) is 6.09. The molecule has 1 aliphatic rings. The maximum absolute atomic E-state index is 10.8. The standard InChI is InChI=1S/C24H49NO7S/c1-4-5-6-7-8-9-10-11-12-13-14-15-24(2)31-21-23(32-24)20-30-19-22(26)18-25(3)16-17-33(27,28)29/h22-23,26H,4-21H2,1-3H3,(H,27,28,29). The van der Waals surface area contributed by atoms with E-state index >= 15 is 0 Å². The summed E-state index contributed by atoms with van der Waals surface area (Å²) in [5.74, 6) is -0.913. The van der Waals surface area contributed by atoms with Gasteiger partial charge in [0.05, 0.1) is 31.7 Å². The van der Waals surface area contributed by atoms with Gasteiger partial charge in [-0.25, -0.2) is 0 Å². The zero-order chi connectivity index (χ0) is 24.6. The minimum absolute atomic E-state index is 0.130. The minimum atomic E-state index is -4.00. The third-order valence-corrected chi connectivity index (χ3v) is 6.79. The van der Waals surface area contributed by atoms with Crippen LogP contribution in [0.15, 0.2) is 0 Å². The van der Waals surface area contributed by atoms with Gasteiger partial charge in [-0.15, -0.1) is 0 Å². The SMILES string of the molecule is CCCCCCCCCCCCCC1(C)OCC(COCC(O)CN(C)CCS(=O)(=O)O)O1. The van der Waals surface area contributed by atoms with Gasteiger partial charge in [0.15, 0.2) is 5.79 Å². The highest BCUT2D eigenvalue weighted by Crippen LogP contribution is 2.29. The highest BCUT2D eigenvalue weighted by atomic mass is 32.2. The van der Waals surface area contributed by atoms with Crippen molar-refractivity contribution in [1.82, 2.24) is 4.90 Å². The van der Waals surface area contributed by atoms with Crippen LogP contribution >= 0.6 is 0 Å². The van der Waals surface area contributed by atoms with Crippen LogP contribution in [-0.4, -0.2) is 86.7 Å². The fraction of sp³-hybridized carbons (Fsp3) is 1.00. The van der Waals surface area contributed by atoms with Gasteiger partial charge in [0.2, 0.25) is 0 Å². The van der Waals surface area contributed by atoms with Gasteiger partial charge < -0.3 is 24.2 Å². The quantitative estimate of drug-likeness (QED) is 0.182. The smallest absolute Gasteiger partial charge is 0.266 e. The molecule has 0 radical (unpaired) electrons. The Morgan fingerprint density at radius 3 is 2.21 bits per heavy atom. The van der Waals surface area contributed by atoms with Crippen molar-refractivity contribution in [2.24, 2.45) is 0 Å². The molecule has 2 N–H and O–H groups in total. The number of unbranched alkanes of at least 4 members (excludes halogenated alkanes) is 10. The molecule has 3 atom stereocenters. The van der Waals surface area contributed by atoms with Crippen molar-refractivity contribution in [1.29, 1.82) is 0 Å². The summed E-state index contributed by atoms with van der Waals surface area (Å²) in [6.07, 6.45) is 14.4. The van der Waals surface area contributed by atoms with Crippen molar-refractivity contribution in [3.05, 3.63) is 0 Å². The van der Waals surface area contributed by atoms with Gasteiger partial charge >= 0.3 is 0 Å². The summed E-state index contributed by atoms with van der Waals surface area (Å²) < 4.78 is 47.8. The molecule has 1 heterocycles. The van der Waals surface area contributed by atoms with E-state index in [2.05, 4.69) is 6.92 Å². The number of hydrogen-bond donors (Lipinski definition) is 2. The lowest BCUT2D eigenvalue weighted by Crippen LogP contribution is -2.36. The molecule has 3 unspecified atom stereocenters. The molecule has 0 bridgehead atoms. The zero-order valence-corrected chi connectivity index (χ0v) is 22.0. The van der Waals surface area contributed by atoms with E-state index in [4.69, 9.17) is 18.8 Å². The molecule has 8 nitrogen and oxygen atoms in total. The second-order valence-corrected chi connectivity index (χ2v) is 11.3. The summed E-state index contributed by atoms with van der Waals surface area (Å²) >= 11 is 0. The van der Waals surface area contributed by atoms with Crippen LogP contribution < -0.4 is 0 Å². The van der Waals surface area contributed by atoms with Crippen LogP contribution in [0.1, 0.15) is 90.9 Å². The molecule has 0 aliphatic carbocycles. The molecule has 0 saturated carbocycles. The van der Waals surface area contributed by atoms with E-state index in [1.165, 1.54) is 64.2 Å². The molecule has 33 heavy (non-hydrogen) atoms. The van der Waals surface area contributed by atoms with E-state index in [0.717, 1.165) is 12.8 Å². The molecule has 1 saturated heterocycles. The average molecular weight is 496 g/mol. The summed E-state index contributed by atoms with van der Waals surface area (Å²) in [5.41, 5.74) is 0. The van der Waals surface area contributed by atoms with Gasteiger partial charge in [-0.3, -0.25) is 4.55 Å². The van der Waals surface area contributed by atoms with E-state index in [1.54, 1.807) is 11.9 Å². The zero-order valence-electron chi connectivity index (χ0n) is 21.2. The monoisotopic (exact) mass is 495 g/mol. The maximum atomic E-state index is 10.8. The first-order valence-corrected chi connectivity index (χ1v) is 14.5. The van der Waals surface area contributed by atoms with E-state index in [9.17, 15) is 13.5 Å². The van der Waals surface area contributed by atoms with Crippen LogP contribution in [0.5, 0.6) is 0 Å². The van der Waals surface area contributed by atoms with Gasteiger partial charge in [-0.1, -0.05) is 71.1 Å². The largest absolute Gasteiger partial charge is 0.389 e. The normalized spacial score (nSPS) is 22.3. The highest BCUT2D eigenvalue weighted by Gasteiger charge is 2.36. The van der Waals surface area contributed by atoms with Crippen LogP contribution in [0.25, 0.3) is 0 Å².